The summed E-state index contributed by atoms with van der Waals surface area (Å²) in [5, 5.41) is 3.33. The first-order valence-corrected chi connectivity index (χ1v) is 12.1. The van der Waals surface area contributed by atoms with Gasteiger partial charge in [0.05, 0.1) is 16.4 Å². The average molecular weight is 474 g/mol. The summed E-state index contributed by atoms with van der Waals surface area (Å²) in [6.45, 7) is 6.53. The molecule has 1 aliphatic rings. The molecule has 31 heavy (non-hydrogen) atoms. The van der Waals surface area contributed by atoms with Gasteiger partial charge in [-0.25, -0.2) is 4.99 Å². The SMILES string of the molecule is Cc1ccc(C)c(N=c2scc(-c3ccc(Cl)cc3Cl)n2CCCN2CCCC2=O)c1. The van der Waals surface area contributed by atoms with Gasteiger partial charge in [0.1, 0.15) is 0 Å². The minimum absolute atomic E-state index is 0.261. The number of benzene rings is 2. The van der Waals surface area contributed by atoms with Gasteiger partial charge in [-0.05, 0) is 62.1 Å². The molecule has 162 valence electrons. The van der Waals surface area contributed by atoms with Crippen LogP contribution in [0.4, 0.5) is 5.69 Å². The number of rotatable bonds is 6. The second-order valence-electron chi connectivity index (χ2n) is 7.92. The van der Waals surface area contributed by atoms with E-state index in [1.165, 1.54) is 5.56 Å². The van der Waals surface area contributed by atoms with Crippen LogP contribution < -0.4 is 4.80 Å². The zero-order chi connectivity index (χ0) is 22.0. The Morgan fingerprint density at radius 2 is 1.94 bits per heavy atom. The van der Waals surface area contributed by atoms with Gasteiger partial charge in [-0.1, -0.05) is 35.3 Å². The monoisotopic (exact) mass is 473 g/mol. The first-order valence-electron chi connectivity index (χ1n) is 10.5. The normalized spacial score (nSPS) is 14.6. The third-order valence-electron chi connectivity index (χ3n) is 5.57. The molecule has 2 aromatic carbocycles. The second kappa shape index (κ2) is 9.60. The molecular weight excluding hydrogens is 449 g/mol. The number of nitrogens with zero attached hydrogens (tertiary/aromatic N) is 3. The van der Waals surface area contributed by atoms with Crippen molar-refractivity contribution in [2.75, 3.05) is 13.1 Å². The molecule has 0 saturated carbocycles. The molecule has 0 atom stereocenters. The van der Waals surface area contributed by atoms with Crippen LogP contribution in [-0.2, 0) is 11.3 Å². The maximum Gasteiger partial charge on any atom is 0.222 e. The van der Waals surface area contributed by atoms with Crippen LogP contribution in [0.1, 0.15) is 30.4 Å². The molecule has 0 unspecified atom stereocenters. The van der Waals surface area contributed by atoms with Crippen molar-refractivity contribution in [2.45, 2.75) is 39.7 Å². The second-order valence-corrected chi connectivity index (χ2v) is 9.60. The van der Waals surface area contributed by atoms with Crippen LogP contribution in [0, 0.1) is 13.8 Å². The summed E-state index contributed by atoms with van der Waals surface area (Å²) in [7, 11) is 0. The number of carbonyl (C=O) groups excluding carboxylic acids is 1. The van der Waals surface area contributed by atoms with E-state index in [1.54, 1.807) is 17.4 Å². The van der Waals surface area contributed by atoms with Gasteiger partial charge in [-0.2, -0.15) is 0 Å². The maximum absolute atomic E-state index is 12.0. The van der Waals surface area contributed by atoms with Crippen molar-refractivity contribution in [3.63, 3.8) is 0 Å². The molecule has 0 N–H and O–H groups in total. The molecule has 0 spiro atoms. The molecule has 4 rings (SSSR count). The van der Waals surface area contributed by atoms with Crippen molar-refractivity contribution in [3.05, 3.63) is 67.8 Å². The predicted octanol–water partition coefficient (Wildman–Crippen LogP) is 6.39. The average Bonchev–Trinajstić information content (AvgIpc) is 3.31. The van der Waals surface area contributed by atoms with Crippen LogP contribution >= 0.6 is 34.5 Å². The first kappa shape index (κ1) is 22.1. The minimum Gasteiger partial charge on any atom is -0.343 e. The quantitative estimate of drug-likeness (QED) is 0.408. The van der Waals surface area contributed by atoms with E-state index in [-0.39, 0.29) is 5.91 Å². The summed E-state index contributed by atoms with van der Waals surface area (Å²) in [5.41, 5.74) is 5.24. The summed E-state index contributed by atoms with van der Waals surface area (Å²) in [4.78, 5) is 19.9. The van der Waals surface area contributed by atoms with Crippen LogP contribution in [-0.4, -0.2) is 28.5 Å². The van der Waals surface area contributed by atoms with E-state index in [0.717, 1.165) is 59.8 Å². The van der Waals surface area contributed by atoms with E-state index in [4.69, 9.17) is 28.2 Å². The van der Waals surface area contributed by atoms with Gasteiger partial charge in [-0.15, -0.1) is 11.3 Å². The van der Waals surface area contributed by atoms with Crippen LogP contribution in [0.2, 0.25) is 10.0 Å². The van der Waals surface area contributed by atoms with Crippen LogP contribution in [0.5, 0.6) is 0 Å². The molecule has 0 aliphatic carbocycles. The molecule has 1 fully saturated rings. The lowest BCUT2D eigenvalue weighted by Crippen LogP contribution is -2.27. The highest BCUT2D eigenvalue weighted by atomic mass is 35.5. The smallest absolute Gasteiger partial charge is 0.222 e. The molecule has 1 amide bonds. The van der Waals surface area contributed by atoms with Crippen molar-refractivity contribution in [1.82, 2.24) is 9.47 Å². The fourth-order valence-corrected chi connectivity index (χ4v) is 5.30. The van der Waals surface area contributed by atoms with Gasteiger partial charge in [0, 0.05) is 42.0 Å². The van der Waals surface area contributed by atoms with E-state index >= 15 is 0 Å². The first-order chi connectivity index (χ1) is 14.9. The summed E-state index contributed by atoms with van der Waals surface area (Å²) in [5.74, 6) is 0.261. The van der Waals surface area contributed by atoms with Crippen molar-refractivity contribution in [3.8, 4) is 11.3 Å². The lowest BCUT2D eigenvalue weighted by atomic mass is 10.1. The number of thiazole rings is 1. The number of aromatic nitrogens is 1. The zero-order valence-corrected chi connectivity index (χ0v) is 20.0. The third kappa shape index (κ3) is 5.05. The van der Waals surface area contributed by atoms with Crippen LogP contribution in [0.3, 0.4) is 0 Å². The van der Waals surface area contributed by atoms with Gasteiger partial charge in [-0.3, -0.25) is 4.79 Å². The van der Waals surface area contributed by atoms with E-state index < -0.39 is 0 Å². The molecule has 1 aromatic heterocycles. The molecule has 0 radical (unpaired) electrons. The number of hydrogen-bond acceptors (Lipinski definition) is 3. The number of amides is 1. The summed E-state index contributed by atoms with van der Waals surface area (Å²) in [6, 6.07) is 11.9. The summed E-state index contributed by atoms with van der Waals surface area (Å²) < 4.78 is 2.21. The lowest BCUT2D eigenvalue weighted by molar-refractivity contribution is -0.127. The minimum atomic E-state index is 0.261. The van der Waals surface area contributed by atoms with E-state index in [0.29, 0.717) is 16.5 Å². The lowest BCUT2D eigenvalue weighted by Gasteiger charge is -2.16. The van der Waals surface area contributed by atoms with E-state index in [2.05, 4.69) is 42.0 Å². The third-order valence-corrected chi connectivity index (χ3v) is 6.98. The molecule has 4 nitrogen and oxygen atoms in total. The molecule has 2 heterocycles. The van der Waals surface area contributed by atoms with Gasteiger partial charge < -0.3 is 9.47 Å². The fourth-order valence-electron chi connectivity index (χ4n) is 3.85. The van der Waals surface area contributed by atoms with Gasteiger partial charge >= 0.3 is 0 Å². The topological polar surface area (TPSA) is 37.6 Å². The highest BCUT2D eigenvalue weighted by molar-refractivity contribution is 7.07. The van der Waals surface area contributed by atoms with Crippen molar-refractivity contribution >= 4 is 46.1 Å². The Hall–Kier alpha value is -2.08. The Bertz CT molecular complexity index is 1180. The van der Waals surface area contributed by atoms with Crippen molar-refractivity contribution < 1.29 is 4.79 Å². The van der Waals surface area contributed by atoms with Crippen molar-refractivity contribution in [2.24, 2.45) is 4.99 Å². The summed E-state index contributed by atoms with van der Waals surface area (Å²) in [6.07, 6.45) is 2.49. The Morgan fingerprint density at radius 1 is 1.10 bits per heavy atom. The van der Waals surface area contributed by atoms with Crippen LogP contribution in [0.25, 0.3) is 11.3 Å². The highest BCUT2D eigenvalue weighted by Crippen LogP contribution is 2.31. The number of carbonyl (C=O) groups is 1. The van der Waals surface area contributed by atoms with Gasteiger partial charge in [0.25, 0.3) is 0 Å². The van der Waals surface area contributed by atoms with Gasteiger partial charge in [0.15, 0.2) is 4.80 Å². The predicted molar refractivity (Wildman–Crippen MR) is 129 cm³/mol. The Labute approximate surface area is 196 Å². The Morgan fingerprint density at radius 3 is 2.68 bits per heavy atom. The molecule has 0 bridgehead atoms. The Balaban J connectivity index is 1.72. The summed E-state index contributed by atoms with van der Waals surface area (Å²) >= 11 is 14.2. The molecule has 3 aromatic rings. The Kier molecular flexibility index (Phi) is 6.85. The van der Waals surface area contributed by atoms with Crippen LogP contribution in [0.15, 0.2) is 46.8 Å². The zero-order valence-electron chi connectivity index (χ0n) is 17.7. The molecule has 7 heteroatoms. The van der Waals surface area contributed by atoms with Gasteiger partial charge in [0.2, 0.25) is 5.91 Å². The molecule has 1 aliphatic heterocycles. The number of aryl methyl sites for hydroxylation is 2. The van der Waals surface area contributed by atoms with E-state index in [9.17, 15) is 4.79 Å². The highest BCUT2D eigenvalue weighted by Gasteiger charge is 2.20. The van der Waals surface area contributed by atoms with Crippen molar-refractivity contribution in [1.29, 1.82) is 0 Å². The number of halogens is 2. The molecular formula is C24H25Cl2N3OS. The fraction of sp³-hybridized carbons (Fsp3) is 0.333. The maximum atomic E-state index is 12.0. The van der Waals surface area contributed by atoms with E-state index in [1.807, 2.05) is 17.0 Å². The number of likely N-dealkylation sites (tertiary alicyclic amines) is 1. The number of hydrogen-bond donors (Lipinski definition) is 0. The standard InChI is InChI=1S/C24H25Cl2N3OS/c1-16-6-7-17(2)21(13-16)27-24-29(12-4-11-28-10-3-5-23(28)30)22(15-31-24)19-9-8-18(25)14-20(19)26/h6-9,13-15H,3-5,10-12H2,1-2H3. The molecule has 1 saturated heterocycles. The largest absolute Gasteiger partial charge is 0.343 e.